The van der Waals surface area contributed by atoms with Crippen molar-refractivity contribution in [2.75, 3.05) is 0 Å². The highest BCUT2D eigenvalue weighted by Gasteiger charge is 2.26. The zero-order valence-corrected chi connectivity index (χ0v) is 8.91. The Balaban J connectivity index is 2.41. The number of nitrogens with one attached hydrogen (secondary N) is 1. The maximum Gasteiger partial charge on any atom is 0.0900 e. The van der Waals surface area contributed by atoms with E-state index in [2.05, 4.69) is 18.3 Å². The van der Waals surface area contributed by atoms with E-state index in [1.165, 1.54) is 32.1 Å². The smallest absolute Gasteiger partial charge is 0.0900 e. The minimum absolute atomic E-state index is 0.159. The van der Waals surface area contributed by atoms with Crippen molar-refractivity contribution >= 4 is 17.2 Å². The third-order valence-electron chi connectivity index (χ3n) is 2.64. The average Bonchev–Trinajstić information content (AvgIpc) is 2.04. The second-order valence-corrected chi connectivity index (χ2v) is 4.50. The minimum atomic E-state index is 0.159. The summed E-state index contributed by atoms with van der Waals surface area (Å²) in [6.07, 6.45) is 6.60. The van der Waals surface area contributed by atoms with Crippen molar-refractivity contribution in [1.82, 2.24) is 5.32 Å². The van der Waals surface area contributed by atoms with Gasteiger partial charge in [0.15, 0.2) is 0 Å². The van der Waals surface area contributed by atoms with Crippen LogP contribution in [0.2, 0.25) is 0 Å². The molecule has 0 aromatic rings. The molecule has 0 aromatic carbocycles. The molecule has 0 unspecified atom stereocenters. The van der Waals surface area contributed by atoms with E-state index in [-0.39, 0.29) is 5.54 Å². The Morgan fingerprint density at radius 2 is 2.08 bits per heavy atom. The SMILES string of the molecule is CC1(NC(=S)CC#N)CCCCC1. The zero-order chi connectivity index (χ0) is 9.73. The maximum atomic E-state index is 8.47. The van der Waals surface area contributed by atoms with Crippen LogP contribution in [0.4, 0.5) is 0 Å². The van der Waals surface area contributed by atoms with Crippen molar-refractivity contribution in [2.24, 2.45) is 0 Å². The number of nitriles is 1. The largest absolute Gasteiger partial charge is 0.374 e. The molecule has 2 nitrogen and oxygen atoms in total. The van der Waals surface area contributed by atoms with Crippen LogP contribution in [0.5, 0.6) is 0 Å². The van der Waals surface area contributed by atoms with Gasteiger partial charge in [-0.3, -0.25) is 0 Å². The fourth-order valence-electron chi connectivity index (χ4n) is 1.91. The van der Waals surface area contributed by atoms with Gasteiger partial charge in [0.2, 0.25) is 0 Å². The summed E-state index contributed by atoms with van der Waals surface area (Å²) in [4.78, 5) is 0.701. The van der Waals surface area contributed by atoms with Crippen LogP contribution in [0.15, 0.2) is 0 Å². The van der Waals surface area contributed by atoms with E-state index in [0.29, 0.717) is 11.4 Å². The van der Waals surface area contributed by atoms with Crippen LogP contribution in [0.3, 0.4) is 0 Å². The molecular formula is C10H16N2S. The summed E-state index contributed by atoms with van der Waals surface area (Å²) in [5.41, 5.74) is 0.159. The first-order valence-corrected chi connectivity index (χ1v) is 5.25. The van der Waals surface area contributed by atoms with Crippen LogP contribution in [-0.2, 0) is 0 Å². The minimum Gasteiger partial charge on any atom is -0.374 e. The van der Waals surface area contributed by atoms with Gasteiger partial charge in [0, 0.05) is 5.54 Å². The third kappa shape index (κ3) is 3.31. The fraction of sp³-hybridized carbons (Fsp3) is 0.800. The van der Waals surface area contributed by atoms with Gasteiger partial charge in [-0.25, -0.2) is 0 Å². The number of hydrogen-bond acceptors (Lipinski definition) is 2. The molecule has 0 bridgehead atoms. The van der Waals surface area contributed by atoms with E-state index >= 15 is 0 Å². The van der Waals surface area contributed by atoms with E-state index in [9.17, 15) is 0 Å². The first-order valence-electron chi connectivity index (χ1n) is 4.84. The topological polar surface area (TPSA) is 35.8 Å². The molecule has 1 fully saturated rings. The number of hydrogen-bond donors (Lipinski definition) is 1. The van der Waals surface area contributed by atoms with Gasteiger partial charge >= 0.3 is 0 Å². The van der Waals surface area contributed by atoms with Gasteiger partial charge in [-0.05, 0) is 19.8 Å². The normalized spacial score (nSPS) is 20.3. The molecule has 0 aliphatic heterocycles. The van der Waals surface area contributed by atoms with Crippen molar-refractivity contribution < 1.29 is 0 Å². The Morgan fingerprint density at radius 1 is 1.46 bits per heavy atom. The number of thiocarbonyl (C=S) groups is 1. The molecule has 72 valence electrons. The van der Waals surface area contributed by atoms with E-state index in [1.807, 2.05) is 0 Å². The molecule has 1 N–H and O–H groups in total. The van der Waals surface area contributed by atoms with Crippen LogP contribution in [0.1, 0.15) is 45.4 Å². The van der Waals surface area contributed by atoms with Gasteiger partial charge in [-0.15, -0.1) is 0 Å². The molecule has 0 saturated heterocycles. The molecule has 1 aliphatic carbocycles. The Bertz CT molecular complexity index is 224. The predicted octanol–water partition coefficient (Wildman–Crippen LogP) is 2.54. The van der Waals surface area contributed by atoms with Gasteiger partial charge in [-0.1, -0.05) is 31.5 Å². The lowest BCUT2D eigenvalue weighted by atomic mass is 9.83. The lowest BCUT2D eigenvalue weighted by Crippen LogP contribution is -2.46. The highest BCUT2D eigenvalue weighted by Crippen LogP contribution is 2.27. The molecular weight excluding hydrogens is 180 g/mol. The first kappa shape index (κ1) is 10.5. The summed E-state index contributed by atoms with van der Waals surface area (Å²) in [6, 6.07) is 2.07. The monoisotopic (exact) mass is 196 g/mol. The Morgan fingerprint density at radius 3 is 2.62 bits per heavy atom. The van der Waals surface area contributed by atoms with Crippen molar-refractivity contribution in [3.05, 3.63) is 0 Å². The molecule has 0 atom stereocenters. The molecule has 1 aliphatic rings. The molecule has 0 amide bonds. The summed E-state index contributed by atoms with van der Waals surface area (Å²) in [5, 5.41) is 11.8. The molecule has 1 saturated carbocycles. The van der Waals surface area contributed by atoms with Crippen LogP contribution in [0, 0.1) is 11.3 Å². The van der Waals surface area contributed by atoms with Gasteiger partial charge in [0.25, 0.3) is 0 Å². The average molecular weight is 196 g/mol. The molecule has 1 rings (SSSR count). The summed E-state index contributed by atoms with van der Waals surface area (Å²) in [7, 11) is 0. The van der Waals surface area contributed by atoms with Gasteiger partial charge in [0.05, 0.1) is 17.5 Å². The molecule has 0 radical (unpaired) electrons. The molecule has 0 heterocycles. The molecule has 13 heavy (non-hydrogen) atoms. The second kappa shape index (κ2) is 4.57. The van der Waals surface area contributed by atoms with E-state index in [1.54, 1.807) is 0 Å². The van der Waals surface area contributed by atoms with Crippen LogP contribution in [-0.4, -0.2) is 10.5 Å². The summed E-state index contributed by atoms with van der Waals surface area (Å²) in [5.74, 6) is 0. The fourth-order valence-corrected chi connectivity index (χ4v) is 2.22. The maximum absolute atomic E-state index is 8.47. The van der Waals surface area contributed by atoms with E-state index < -0.39 is 0 Å². The highest BCUT2D eigenvalue weighted by atomic mass is 32.1. The second-order valence-electron chi connectivity index (χ2n) is 4.00. The first-order chi connectivity index (χ1) is 6.16. The van der Waals surface area contributed by atoms with Crippen molar-refractivity contribution in [3.8, 4) is 6.07 Å². The molecule has 3 heteroatoms. The van der Waals surface area contributed by atoms with E-state index in [0.717, 1.165) is 0 Å². The lowest BCUT2D eigenvalue weighted by Gasteiger charge is -2.35. The molecule has 0 aromatic heterocycles. The van der Waals surface area contributed by atoms with E-state index in [4.69, 9.17) is 17.5 Å². The van der Waals surface area contributed by atoms with Crippen molar-refractivity contribution in [1.29, 1.82) is 5.26 Å². The number of rotatable bonds is 2. The van der Waals surface area contributed by atoms with Crippen molar-refractivity contribution in [3.63, 3.8) is 0 Å². The van der Waals surface area contributed by atoms with Crippen LogP contribution in [0.25, 0.3) is 0 Å². The van der Waals surface area contributed by atoms with Crippen molar-refractivity contribution in [2.45, 2.75) is 51.0 Å². The van der Waals surface area contributed by atoms with Gasteiger partial charge in [-0.2, -0.15) is 5.26 Å². The Kier molecular flexibility index (Phi) is 3.68. The van der Waals surface area contributed by atoms with Gasteiger partial charge < -0.3 is 5.32 Å². The van der Waals surface area contributed by atoms with Gasteiger partial charge in [0.1, 0.15) is 0 Å². The zero-order valence-electron chi connectivity index (χ0n) is 8.10. The number of nitrogens with zero attached hydrogens (tertiary/aromatic N) is 1. The highest BCUT2D eigenvalue weighted by molar-refractivity contribution is 7.80. The summed E-state index contributed by atoms with van der Waals surface area (Å²) < 4.78 is 0. The Hall–Kier alpha value is -0.620. The Labute approximate surface area is 85.3 Å². The molecule has 0 spiro atoms. The van der Waals surface area contributed by atoms with Crippen LogP contribution >= 0.6 is 12.2 Å². The summed E-state index contributed by atoms with van der Waals surface area (Å²) >= 11 is 5.07. The quantitative estimate of drug-likeness (QED) is 0.689. The predicted molar refractivity (Wildman–Crippen MR) is 57.5 cm³/mol. The van der Waals surface area contributed by atoms with Crippen LogP contribution < -0.4 is 5.32 Å². The lowest BCUT2D eigenvalue weighted by molar-refractivity contribution is 0.291. The third-order valence-corrected chi connectivity index (χ3v) is 2.88. The standard InChI is InChI=1S/C10H16N2S/c1-10(6-3-2-4-7-10)12-9(13)5-8-11/h2-7H2,1H3,(H,12,13). The summed E-state index contributed by atoms with van der Waals surface area (Å²) in [6.45, 7) is 2.20.